The van der Waals surface area contributed by atoms with Crippen molar-refractivity contribution in [2.75, 3.05) is 13.6 Å². The van der Waals surface area contributed by atoms with Gasteiger partial charge in [-0.1, -0.05) is 42.5 Å². The molecular weight excluding hydrogens is 433 g/mol. The van der Waals surface area contributed by atoms with Crippen LogP contribution >= 0.6 is 0 Å². The zero-order valence-electron chi connectivity index (χ0n) is 17.0. The normalized spacial score (nSPS) is 12.9. The molecule has 2 nitrogen and oxygen atoms in total. The van der Waals surface area contributed by atoms with Crippen molar-refractivity contribution >= 4 is 0 Å². The van der Waals surface area contributed by atoms with E-state index >= 15 is 0 Å². The van der Waals surface area contributed by atoms with Crippen LogP contribution in [0, 0.1) is 6.92 Å². The van der Waals surface area contributed by atoms with Gasteiger partial charge in [0.25, 0.3) is 0 Å². The summed E-state index contributed by atoms with van der Waals surface area (Å²) in [5.41, 5.74) is 3.41. The summed E-state index contributed by atoms with van der Waals surface area (Å²) < 4.78 is 1.04. The Labute approximate surface area is 176 Å². The van der Waals surface area contributed by atoms with Crippen LogP contribution in [-0.4, -0.2) is 35.3 Å². The third-order valence-corrected chi connectivity index (χ3v) is 6.02. The highest BCUT2D eigenvalue weighted by atomic mass is 127. The van der Waals surface area contributed by atoms with E-state index < -0.39 is 0 Å². The van der Waals surface area contributed by atoms with Gasteiger partial charge < -0.3 is 33.6 Å². The molecule has 0 aromatic heterocycles. The third kappa shape index (κ3) is 5.23. The first-order valence-corrected chi connectivity index (χ1v) is 9.45. The Kier molecular flexibility index (Phi) is 8.61. The summed E-state index contributed by atoms with van der Waals surface area (Å²) in [5.74, 6) is 0.633. The van der Waals surface area contributed by atoms with Gasteiger partial charge in [-0.15, -0.1) is 0 Å². The van der Waals surface area contributed by atoms with Gasteiger partial charge in [-0.05, 0) is 51.8 Å². The van der Waals surface area contributed by atoms with Gasteiger partial charge >= 0.3 is 0 Å². The van der Waals surface area contributed by atoms with Crippen LogP contribution < -0.4 is 24.0 Å². The predicted molar refractivity (Wildman–Crippen MR) is 107 cm³/mol. The second-order valence-electron chi connectivity index (χ2n) is 8.07. The molecule has 0 heterocycles. The Hall–Kier alpha value is -1.07. The minimum absolute atomic E-state index is 0. The van der Waals surface area contributed by atoms with Gasteiger partial charge in [0.2, 0.25) is 0 Å². The number of phenolic OH excluding ortho intramolecular Hbond substituents is 1. The molecule has 0 aliphatic heterocycles. The van der Waals surface area contributed by atoms with Crippen LogP contribution in [0.1, 0.15) is 56.7 Å². The summed E-state index contributed by atoms with van der Waals surface area (Å²) >= 11 is 0. The number of nitrogens with zero attached hydrogens (tertiary/aromatic N) is 1. The topological polar surface area (TPSA) is 20.2 Å². The van der Waals surface area contributed by atoms with Gasteiger partial charge in [-0.3, -0.25) is 0 Å². The average Bonchev–Trinajstić information content (AvgIpc) is 2.57. The number of rotatable bonds is 7. The Morgan fingerprint density at radius 1 is 0.923 bits per heavy atom. The van der Waals surface area contributed by atoms with Crippen LogP contribution in [0.5, 0.6) is 5.75 Å². The molecule has 2 aromatic rings. The van der Waals surface area contributed by atoms with Crippen LogP contribution in [0.15, 0.2) is 48.5 Å². The van der Waals surface area contributed by atoms with Crippen molar-refractivity contribution in [3.63, 3.8) is 0 Å². The predicted octanol–water partition coefficient (Wildman–Crippen LogP) is 2.49. The molecule has 26 heavy (non-hydrogen) atoms. The quantitative estimate of drug-likeness (QED) is 0.490. The molecule has 0 aliphatic carbocycles. The van der Waals surface area contributed by atoms with E-state index in [0.29, 0.717) is 17.8 Å². The summed E-state index contributed by atoms with van der Waals surface area (Å²) in [5, 5.41) is 10.6. The lowest BCUT2D eigenvalue weighted by Crippen LogP contribution is -3.00. The number of halogens is 1. The van der Waals surface area contributed by atoms with E-state index in [9.17, 15) is 5.11 Å². The zero-order chi connectivity index (χ0) is 18.6. The molecule has 0 unspecified atom stereocenters. The Morgan fingerprint density at radius 2 is 1.50 bits per heavy atom. The fourth-order valence-corrected chi connectivity index (χ4v) is 3.66. The van der Waals surface area contributed by atoms with Crippen molar-refractivity contribution < 1.29 is 33.6 Å². The molecule has 0 spiro atoms. The summed E-state index contributed by atoms with van der Waals surface area (Å²) in [4.78, 5) is 0. The lowest BCUT2D eigenvalue weighted by atomic mass is 9.86. The number of aryl methyl sites for hydroxylation is 1. The van der Waals surface area contributed by atoms with Crippen molar-refractivity contribution in [1.82, 2.24) is 0 Å². The zero-order valence-corrected chi connectivity index (χ0v) is 19.2. The molecule has 0 saturated heterocycles. The summed E-state index contributed by atoms with van der Waals surface area (Å²) in [7, 11) is 2.35. The van der Waals surface area contributed by atoms with Crippen molar-refractivity contribution in [2.45, 2.75) is 59.0 Å². The number of benzene rings is 2. The smallest absolute Gasteiger partial charge is 0.119 e. The van der Waals surface area contributed by atoms with E-state index in [1.807, 2.05) is 13.0 Å². The molecule has 1 N–H and O–H groups in total. The van der Waals surface area contributed by atoms with E-state index in [1.54, 1.807) is 0 Å². The van der Waals surface area contributed by atoms with E-state index in [0.717, 1.165) is 28.6 Å². The van der Waals surface area contributed by atoms with Gasteiger partial charge in [0.15, 0.2) is 0 Å². The number of quaternary nitrogens is 1. The van der Waals surface area contributed by atoms with Crippen LogP contribution in [0.3, 0.4) is 0 Å². The summed E-state index contributed by atoms with van der Waals surface area (Å²) in [6.45, 7) is 12.3. The Bertz CT molecular complexity index is 674. The molecule has 0 saturated carbocycles. The van der Waals surface area contributed by atoms with Crippen molar-refractivity contribution in [2.24, 2.45) is 0 Å². The number of hydrogen-bond donors (Lipinski definition) is 1. The van der Waals surface area contributed by atoms with Crippen LogP contribution in [0.25, 0.3) is 0 Å². The van der Waals surface area contributed by atoms with Crippen LogP contribution in [0.2, 0.25) is 0 Å². The minimum atomic E-state index is 0. The highest BCUT2D eigenvalue weighted by Crippen LogP contribution is 2.35. The van der Waals surface area contributed by atoms with Crippen molar-refractivity contribution in [3.05, 3.63) is 65.2 Å². The van der Waals surface area contributed by atoms with Crippen LogP contribution in [-0.2, 0) is 0 Å². The third-order valence-electron chi connectivity index (χ3n) is 6.02. The van der Waals surface area contributed by atoms with Gasteiger partial charge in [0, 0.05) is 17.9 Å². The molecule has 0 amide bonds. The first-order chi connectivity index (χ1) is 11.8. The maximum absolute atomic E-state index is 10.6. The Balaban J connectivity index is 0.00000338. The number of phenols is 1. The van der Waals surface area contributed by atoms with E-state index in [-0.39, 0.29) is 29.9 Å². The Morgan fingerprint density at radius 3 is 2.00 bits per heavy atom. The monoisotopic (exact) mass is 467 g/mol. The van der Waals surface area contributed by atoms with Gasteiger partial charge in [0.05, 0.1) is 25.7 Å². The second-order valence-corrected chi connectivity index (χ2v) is 8.07. The number of hydrogen-bond acceptors (Lipinski definition) is 1. The average molecular weight is 467 g/mol. The molecule has 0 bridgehead atoms. The first kappa shape index (κ1) is 23.0. The van der Waals surface area contributed by atoms with Crippen LogP contribution in [0.4, 0.5) is 0 Å². The number of aromatic hydroxyl groups is 1. The molecule has 2 rings (SSSR count). The van der Waals surface area contributed by atoms with Crippen molar-refractivity contribution in [3.8, 4) is 5.75 Å². The van der Waals surface area contributed by atoms with E-state index in [1.165, 1.54) is 5.56 Å². The molecule has 1 atom stereocenters. The SMILES string of the molecule is Cc1ccc([C@H](CC[N+](C)(C(C)C)C(C)C)c2ccccc2)c(O)c1.[I-]. The highest BCUT2D eigenvalue weighted by Gasteiger charge is 2.31. The minimum Gasteiger partial charge on any atom is -1.00 e. The molecule has 0 aliphatic rings. The maximum atomic E-state index is 10.6. The molecule has 2 aromatic carbocycles. The van der Waals surface area contributed by atoms with E-state index in [4.69, 9.17) is 0 Å². The molecule has 144 valence electrons. The lowest BCUT2D eigenvalue weighted by molar-refractivity contribution is -0.949. The summed E-state index contributed by atoms with van der Waals surface area (Å²) in [6.07, 6.45) is 1.02. The fourth-order valence-electron chi connectivity index (χ4n) is 3.66. The first-order valence-electron chi connectivity index (χ1n) is 9.45. The maximum Gasteiger partial charge on any atom is 0.119 e. The fraction of sp³-hybridized carbons (Fsp3) is 0.478. The van der Waals surface area contributed by atoms with Gasteiger partial charge in [-0.2, -0.15) is 0 Å². The highest BCUT2D eigenvalue weighted by molar-refractivity contribution is 5.43. The van der Waals surface area contributed by atoms with Gasteiger partial charge in [-0.25, -0.2) is 0 Å². The van der Waals surface area contributed by atoms with Crippen molar-refractivity contribution in [1.29, 1.82) is 0 Å². The molecule has 3 heteroatoms. The molecule has 0 fully saturated rings. The van der Waals surface area contributed by atoms with Gasteiger partial charge in [0.1, 0.15) is 5.75 Å². The lowest BCUT2D eigenvalue weighted by Gasteiger charge is -2.43. The summed E-state index contributed by atoms with van der Waals surface area (Å²) in [6, 6.07) is 17.8. The van der Waals surface area contributed by atoms with E-state index in [2.05, 4.69) is 77.2 Å². The standard InChI is InChI=1S/C23H33NO.HI/c1-17(2)24(6,18(3)4)15-14-21(20-10-8-7-9-11-20)22-13-12-19(5)16-23(22)25;/h7-13,16-18,21H,14-15H2,1-6H3;1H/t21-;/m1./s1. The largest absolute Gasteiger partial charge is 1.00 e. The second kappa shape index (κ2) is 9.75. The molecular formula is C23H34INO. The molecule has 0 radical (unpaired) electrons.